The molecular formula is C23H29N5O2. The number of carbonyl (C=O) groups is 2. The molecule has 0 spiro atoms. The lowest BCUT2D eigenvalue weighted by molar-refractivity contribution is -0.139. The van der Waals surface area contributed by atoms with E-state index in [2.05, 4.69) is 9.88 Å². The minimum absolute atomic E-state index is 0.0202. The summed E-state index contributed by atoms with van der Waals surface area (Å²) in [6, 6.07) is 9.82. The molecule has 0 N–H and O–H groups in total. The Morgan fingerprint density at radius 1 is 0.967 bits per heavy atom. The SMILES string of the molecule is Cn1ccnc1N1CCN(C(=O)C2CCN(C(=O)/C=C/c3ccccc3)CC2)CC1. The Labute approximate surface area is 177 Å². The van der Waals surface area contributed by atoms with Crippen LogP contribution >= 0.6 is 0 Å². The molecule has 0 saturated carbocycles. The normalized spacial score (nSPS) is 18.2. The number of hydrogen-bond donors (Lipinski definition) is 0. The van der Waals surface area contributed by atoms with E-state index in [1.54, 1.807) is 12.3 Å². The molecule has 2 amide bonds. The van der Waals surface area contributed by atoms with Crippen molar-refractivity contribution in [2.75, 3.05) is 44.2 Å². The van der Waals surface area contributed by atoms with Gasteiger partial charge in [0.25, 0.3) is 0 Å². The first-order valence-corrected chi connectivity index (χ1v) is 10.6. The lowest BCUT2D eigenvalue weighted by Gasteiger charge is -2.38. The molecule has 2 fully saturated rings. The molecule has 7 nitrogen and oxygen atoms in total. The van der Waals surface area contributed by atoms with Gasteiger partial charge < -0.3 is 19.3 Å². The van der Waals surface area contributed by atoms with Gasteiger partial charge in [0, 0.05) is 70.7 Å². The van der Waals surface area contributed by atoms with E-state index < -0.39 is 0 Å². The molecule has 3 heterocycles. The van der Waals surface area contributed by atoms with Gasteiger partial charge in [-0.3, -0.25) is 9.59 Å². The van der Waals surface area contributed by atoms with Crippen molar-refractivity contribution in [2.45, 2.75) is 12.8 Å². The van der Waals surface area contributed by atoms with E-state index in [0.29, 0.717) is 13.1 Å². The number of benzene rings is 1. The first-order valence-electron chi connectivity index (χ1n) is 10.6. The van der Waals surface area contributed by atoms with Gasteiger partial charge in [0.1, 0.15) is 0 Å². The molecule has 0 atom stereocenters. The standard InChI is InChI=1S/C23H29N5O2/c1-25-14-11-24-23(25)28-17-15-27(16-18-28)22(30)20-9-12-26(13-10-20)21(29)8-7-19-5-3-2-4-6-19/h2-8,11,14,20H,9-10,12-13,15-18H2,1H3/b8-7+. The number of hydrogen-bond acceptors (Lipinski definition) is 4. The van der Waals surface area contributed by atoms with Crippen molar-refractivity contribution < 1.29 is 9.59 Å². The van der Waals surface area contributed by atoms with E-state index >= 15 is 0 Å². The quantitative estimate of drug-likeness (QED) is 0.728. The van der Waals surface area contributed by atoms with Crippen molar-refractivity contribution in [3.63, 3.8) is 0 Å². The summed E-state index contributed by atoms with van der Waals surface area (Å²) in [7, 11) is 1.99. The van der Waals surface area contributed by atoms with Crippen molar-refractivity contribution in [1.29, 1.82) is 0 Å². The van der Waals surface area contributed by atoms with Gasteiger partial charge in [-0.2, -0.15) is 0 Å². The molecule has 4 rings (SSSR count). The van der Waals surface area contributed by atoms with Crippen LogP contribution in [0.2, 0.25) is 0 Å². The third-order valence-electron chi connectivity index (χ3n) is 6.04. The Bertz CT molecular complexity index is 891. The van der Waals surface area contributed by atoms with E-state index in [4.69, 9.17) is 0 Å². The number of piperazine rings is 1. The lowest BCUT2D eigenvalue weighted by atomic mass is 9.95. The second-order valence-corrected chi connectivity index (χ2v) is 7.99. The van der Waals surface area contributed by atoms with Gasteiger partial charge in [0.2, 0.25) is 17.8 Å². The van der Waals surface area contributed by atoms with Crippen LogP contribution in [0.15, 0.2) is 48.8 Å². The third-order valence-corrected chi connectivity index (χ3v) is 6.04. The molecule has 2 aromatic rings. The highest BCUT2D eigenvalue weighted by atomic mass is 16.2. The van der Waals surface area contributed by atoms with Crippen LogP contribution < -0.4 is 4.90 Å². The van der Waals surface area contributed by atoms with Gasteiger partial charge in [-0.25, -0.2) is 4.98 Å². The van der Waals surface area contributed by atoms with E-state index in [-0.39, 0.29) is 17.7 Å². The van der Waals surface area contributed by atoms with Crippen LogP contribution in [0.4, 0.5) is 5.95 Å². The van der Waals surface area contributed by atoms with Crippen molar-refractivity contribution in [1.82, 2.24) is 19.4 Å². The predicted octanol–water partition coefficient (Wildman–Crippen LogP) is 2.02. The van der Waals surface area contributed by atoms with Gasteiger partial charge in [0.15, 0.2) is 0 Å². The number of imidazole rings is 1. The molecule has 0 aliphatic carbocycles. The summed E-state index contributed by atoms with van der Waals surface area (Å²) in [5.74, 6) is 1.24. The number of carbonyl (C=O) groups excluding carboxylic acids is 2. The number of aryl methyl sites for hydroxylation is 1. The molecule has 0 unspecified atom stereocenters. The van der Waals surface area contributed by atoms with Gasteiger partial charge in [-0.05, 0) is 24.5 Å². The molecule has 1 aromatic heterocycles. The first kappa shape index (κ1) is 20.2. The van der Waals surface area contributed by atoms with E-state index in [1.165, 1.54) is 0 Å². The van der Waals surface area contributed by atoms with Gasteiger partial charge in [-0.15, -0.1) is 0 Å². The number of aromatic nitrogens is 2. The molecule has 7 heteroatoms. The Kier molecular flexibility index (Phi) is 6.16. The zero-order valence-electron chi connectivity index (χ0n) is 17.5. The second kappa shape index (κ2) is 9.15. The van der Waals surface area contributed by atoms with Crippen molar-refractivity contribution in [3.05, 3.63) is 54.4 Å². The van der Waals surface area contributed by atoms with Crippen molar-refractivity contribution in [3.8, 4) is 0 Å². The fraction of sp³-hybridized carbons (Fsp3) is 0.435. The molecule has 30 heavy (non-hydrogen) atoms. The molecular weight excluding hydrogens is 378 g/mol. The Hall–Kier alpha value is -3.09. The highest BCUT2D eigenvalue weighted by Crippen LogP contribution is 2.22. The topological polar surface area (TPSA) is 61.7 Å². The molecule has 0 bridgehead atoms. The molecule has 2 aliphatic heterocycles. The van der Waals surface area contributed by atoms with Crippen molar-refractivity contribution in [2.24, 2.45) is 13.0 Å². The number of piperidine rings is 1. The summed E-state index contributed by atoms with van der Waals surface area (Å²) >= 11 is 0. The van der Waals surface area contributed by atoms with Crippen LogP contribution in [0.25, 0.3) is 6.08 Å². The van der Waals surface area contributed by atoms with Crippen LogP contribution in [0.1, 0.15) is 18.4 Å². The maximum atomic E-state index is 13.0. The third kappa shape index (κ3) is 4.56. The summed E-state index contributed by atoms with van der Waals surface area (Å²) < 4.78 is 2.01. The molecule has 2 aliphatic rings. The Morgan fingerprint density at radius 3 is 2.30 bits per heavy atom. The number of rotatable bonds is 4. The summed E-state index contributed by atoms with van der Waals surface area (Å²) in [4.78, 5) is 35.9. The van der Waals surface area contributed by atoms with Gasteiger partial charge >= 0.3 is 0 Å². The van der Waals surface area contributed by atoms with E-state index in [1.807, 2.05) is 64.0 Å². The molecule has 0 radical (unpaired) electrons. The summed E-state index contributed by atoms with van der Waals surface area (Å²) in [6.07, 6.45) is 8.70. The molecule has 158 valence electrons. The highest BCUT2D eigenvalue weighted by molar-refractivity contribution is 5.92. The zero-order valence-corrected chi connectivity index (χ0v) is 17.5. The first-order chi connectivity index (χ1) is 14.6. The van der Waals surface area contributed by atoms with Crippen LogP contribution in [-0.4, -0.2) is 70.4 Å². The van der Waals surface area contributed by atoms with Gasteiger partial charge in [-0.1, -0.05) is 30.3 Å². The second-order valence-electron chi connectivity index (χ2n) is 7.99. The summed E-state index contributed by atoms with van der Waals surface area (Å²) in [5, 5.41) is 0. The number of likely N-dealkylation sites (tertiary alicyclic amines) is 1. The number of nitrogens with zero attached hydrogens (tertiary/aromatic N) is 5. The Balaban J connectivity index is 1.24. The molecule has 1 aromatic carbocycles. The number of anilines is 1. The Morgan fingerprint density at radius 2 is 1.67 bits per heavy atom. The summed E-state index contributed by atoms with van der Waals surface area (Å²) in [6.45, 7) is 4.34. The maximum absolute atomic E-state index is 13.0. The largest absolute Gasteiger partial charge is 0.339 e. The summed E-state index contributed by atoms with van der Waals surface area (Å²) in [5.41, 5.74) is 1.01. The zero-order chi connectivity index (χ0) is 20.9. The predicted molar refractivity (Wildman–Crippen MR) is 117 cm³/mol. The highest BCUT2D eigenvalue weighted by Gasteiger charge is 2.31. The smallest absolute Gasteiger partial charge is 0.246 e. The van der Waals surface area contributed by atoms with Crippen LogP contribution in [-0.2, 0) is 16.6 Å². The average Bonchev–Trinajstić information content (AvgIpc) is 3.23. The van der Waals surface area contributed by atoms with Crippen LogP contribution in [0.3, 0.4) is 0 Å². The fourth-order valence-electron chi connectivity index (χ4n) is 4.23. The lowest BCUT2D eigenvalue weighted by Crippen LogP contribution is -2.52. The van der Waals surface area contributed by atoms with E-state index in [9.17, 15) is 9.59 Å². The van der Waals surface area contributed by atoms with Crippen LogP contribution in [0.5, 0.6) is 0 Å². The monoisotopic (exact) mass is 407 g/mol. The maximum Gasteiger partial charge on any atom is 0.246 e. The number of amides is 2. The average molecular weight is 408 g/mol. The fourth-order valence-corrected chi connectivity index (χ4v) is 4.23. The van der Waals surface area contributed by atoms with Crippen molar-refractivity contribution >= 4 is 23.8 Å². The van der Waals surface area contributed by atoms with E-state index in [0.717, 1.165) is 50.5 Å². The minimum atomic E-state index is 0.0202. The molecule has 2 saturated heterocycles. The van der Waals surface area contributed by atoms with Crippen LogP contribution in [0, 0.1) is 5.92 Å². The minimum Gasteiger partial charge on any atom is -0.339 e. The van der Waals surface area contributed by atoms with Gasteiger partial charge in [0.05, 0.1) is 0 Å².